The first-order chi connectivity index (χ1) is 9.20. The second kappa shape index (κ2) is 6.10. The van der Waals surface area contributed by atoms with Crippen LogP contribution < -0.4 is 5.32 Å². The maximum atomic E-state index is 10.7. The van der Waals surface area contributed by atoms with Crippen LogP contribution in [0.15, 0.2) is 36.8 Å². The van der Waals surface area contributed by atoms with Crippen LogP contribution in [0.25, 0.3) is 0 Å². The summed E-state index contributed by atoms with van der Waals surface area (Å²) in [4.78, 5) is 14.4. The molecule has 0 atom stereocenters. The number of hydrogen-bond acceptors (Lipinski definition) is 4. The van der Waals surface area contributed by atoms with Gasteiger partial charge in [-0.15, -0.1) is 0 Å². The van der Waals surface area contributed by atoms with Crippen LogP contribution in [0.1, 0.15) is 18.2 Å². The fourth-order valence-electron chi connectivity index (χ4n) is 1.89. The van der Waals surface area contributed by atoms with Crippen LogP contribution in [0.4, 0.5) is 5.69 Å². The molecule has 6 nitrogen and oxygen atoms in total. The maximum absolute atomic E-state index is 10.7. The third kappa shape index (κ3) is 3.38. The molecule has 1 heterocycles. The standard InChI is InChI=1S/C13H16N4O2/c1-2-16-10-15-9-13(16)8-14-7-11-4-3-5-12(6-11)17(18)19/h3-6,9-10,14H,2,7-8H2,1H3. The summed E-state index contributed by atoms with van der Waals surface area (Å²) >= 11 is 0. The number of rotatable bonds is 6. The van der Waals surface area contributed by atoms with Gasteiger partial charge in [0.2, 0.25) is 0 Å². The van der Waals surface area contributed by atoms with Crippen molar-refractivity contribution in [2.24, 2.45) is 0 Å². The first kappa shape index (κ1) is 13.2. The Morgan fingerprint density at radius 1 is 1.42 bits per heavy atom. The number of non-ortho nitro benzene ring substituents is 1. The van der Waals surface area contributed by atoms with Crippen LogP contribution >= 0.6 is 0 Å². The number of hydrogen-bond donors (Lipinski definition) is 1. The lowest BCUT2D eigenvalue weighted by molar-refractivity contribution is -0.384. The number of benzene rings is 1. The zero-order chi connectivity index (χ0) is 13.7. The quantitative estimate of drug-likeness (QED) is 0.637. The highest BCUT2D eigenvalue weighted by atomic mass is 16.6. The molecule has 0 fully saturated rings. The summed E-state index contributed by atoms with van der Waals surface area (Å²) in [5.41, 5.74) is 2.13. The molecule has 0 radical (unpaired) electrons. The minimum Gasteiger partial charge on any atom is -0.334 e. The van der Waals surface area contributed by atoms with Gasteiger partial charge in [-0.25, -0.2) is 4.98 Å². The van der Waals surface area contributed by atoms with Crippen molar-refractivity contribution in [3.63, 3.8) is 0 Å². The molecule has 0 spiro atoms. The van der Waals surface area contributed by atoms with Crippen molar-refractivity contribution in [2.75, 3.05) is 0 Å². The highest BCUT2D eigenvalue weighted by Crippen LogP contribution is 2.12. The number of nitro benzene ring substituents is 1. The van der Waals surface area contributed by atoms with Crippen molar-refractivity contribution < 1.29 is 4.92 Å². The van der Waals surface area contributed by atoms with Gasteiger partial charge < -0.3 is 9.88 Å². The van der Waals surface area contributed by atoms with Crippen LogP contribution in [0.2, 0.25) is 0 Å². The highest BCUT2D eigenvalue weighted by Gasteiger charge is 2.05. The van der Waals surface area contributed by atoms with E-state index in [4.69, 9.17) is 0 Å². The molecule has 0 amide bonds. The maximum Gasteiger partial charge on any atom is 0.269 e. The van der Waals surface area contributed by atoms with Crippen molar-refractivity contribution >= 4 is 5.69 Å². The van der Waals surface area contributed by atoms with Crippen LogP contribution in [-0.2, 0) is 19.6 Å². The van der Waals surface area contributed by atoms with Gasteiger partial charge >= 0.3 is 0 Å². The summed E-state index contributed by atoms with van der Waals surface area (Å²) in [5, 5.41) is 13.9. The summed E-state index contributed by atoms with van der Waals surface area (Å²) in [6.45, 7) is 4.23. The van der Waals surface area contributed by atoms with Gasteiger partial charge in [0, 0.05) is 38.0 Å². The largest absolute Gasteiger partial charge is 0.334 e. The lowest BCUT2D eigenvalue weighted by Gasteiger charge is -2.07. The Morgan fingerprint density at radius 3 is 3.00 bits per heavy atom. The molecule has 0 unspecified atom stereocenters. The van der Waals surface area contributed by atoms with E-state index in [2.05, 4.69) is 21.8 Å². The Balaban J connectivity index is 1.92. The van der Waals surface area contributed by atoms with E-state index in [1.54, 1.807) is 18.5 Å². The van der Waals surface area contributed by atoms with E-state index in [0.29, 0.717) is 13.1 Å². The second-order valence-electron chi connectivity index (χ2n) is 4.20. The van der Waals surface area contributed by atoms with E-state index in [1.807, 2.05) is 12.3 Å². The molecule has 1 aromatic heterocycles. The molecule has 2 rings (SSSR count). The molecular formula is C13H16N4O2. The minimum atomic E-state index is -0.379. The molecule has 0 aliphatic heterocycles. The molecule has 1 aromatic carbocycles. The monoisotopic (exact) mass is 260 g/mol. The number of nitro groups is 1. The Hall–Kier alpha value is -2.21. The van der Waals surface area contributed by atoms with E-state index < -0.39 is 0 Å². The van der Waals surface area contributed by atoms with Gasteiger partial charge in [0.15, 0.2) is 0 Å². The van der Waals surface area contributed by atoms with Gasteiger partial charge in [0.25, 0.3) is 5.69 Å². The minimum absolute atomic E-state index is 0.123. The van der Waals surface area contributed by atoms with Gasteiger partial charge in [-0.3, -0.25) is 10.1 Å². The van der Waals surface area contributed by atoms with E-state index in [-0.39, 0.29) is 10.6 Å². The van der Waals surface area contributed by atoms with Crippen molar-refractivity contribution in [1.29, 1.82) is 0 Å². The van der Waals surface area contributed by atoms with Crippen LogP contribution in [0.5, 0.6) is 0 Å². The van der Waals surface area contributed by atoms with Crippen molar-refractivity contribution in [2.45, 2.75) is 26.6 Å². The average Bonchev–Trinajstić information content (AvgIpc) is 2.86. The van der Waals surface area contributed by atoms with E-state index in [0.717, 1.165) is 17.8 Å². The molecule has 6 heteroatoms. The lowest BCUT2D eigenvalue weighted by atomic mass is 10.2. The first-order valence-corrected chi connectivity index (χ1v) is 6.13. The van der Waals surface area contributed by atoms with Crippen LogP contribution in [0, 0.1) is 10.1 Å². The number of aromatic nitrogens is 2. The summed E-state index contributed by atoms with van der Waals surface area (Å²) in [5.74, 6) is 0. The molecule has 0 saturated heterocycles. The number of imidazole rings is 1. The smallest absolute Gasteiger partial charge is 0.269 e. The average molecular weight is 260 g/mol. The Bertz CT molecular complexity index is 565. The highest BCUT2D eigenvalue weighted by molar-refractivity contribution is 5.34. The predicted molar refractivity (Wildman–Crippen MR) is 71.5 cm³/mol. The van der Waals surface area contributed by atoms with Gasteiger partial charge in [0.05, 0.1) is 16.9 Å². The first-order valence-electron chi connectivity index (χ1n) is 6.13. The van der Waals surface area contributed by atoms with Gasteiger partial charge in [-0.2, -0.15) is 0 Å². The molecule has 100 valence electrons. The molecule has 19 heavy (non-hydrogen) atoms. The topological polar surface area (TPSA) is 73.0 Å². The molecule has 0 aliphatic rings. The zero-order valence-electron chi connectivity index (χ0n) is 10.7. The number of nitrogens with one attached hydrogen (secondary N) is 1. The van der Waals surface area contributed by atoms with Crippen molar-refractivity contribution in [3.8, 4) is 0 Å². The normalized spacial score (nSPS) is 10.6. The molecule has 1 N–H and O–H groups in total. The van der Waals surface area contributed by atoms with Crippen LogP contribution in [-0.4, -0.2) is 14.5 Å². The Kier molecular flexibility index (Phi) is 4.25. The summed E-state index contributed by atoms with van der Waals surface area (Å²) in [7, 11) is 0. The number of aryl methyl sites for hydroxylation is 1. The number of nitrogens with zero attached hydrogens (tertiary/aromatic N) is 3. The van der Waals surface area contributed by atoms with E-state index in [9.17, 15) is 10.1 Å². The fraction of sp³-hybridized carbons (Fsp3) is 0.308. The molecular weight excluding hydrogens is 244 g/mol. The van der Waals surface area contributed by atoms with E-state index in [1.165, 1.54) is 6.07 Å². The third-order valence-corrected chi connectivity index (χ3v) is 2.90. The predicted octanol–water partition coefficient (Wildman–Crippen LogP) is 2.10. The molecule has 0 bridgehead atoms. The van der Waals surface area contributed by atoms with Crippen molar-refractivity contribution in [3.05, 3.63) is 58.2 Å². The third-order valence-electron chi connectivity index (χ3n) is 2.90. The van der Waals surface area contributed by atoms with E-state index >= 15 is 0 Å². The van der Waals surface area contributed by atoms with Crippen LogP contribution in [0.3, 0.4) is 0 Å². The zero-order valence-corrected chi connectivity index (χ0v) is 10.7. The summed E-state index contributed by atoms with van der Waals surface area (Å²) in [6.07, 6.45) is 3.62. The van der Waals surface area contributed by atoms with Gasteiger partial charge in [0.1, 0.15) is 0 Å². The van der Waals surface area contributed by atoms with Gasteiger partial charge in [-0.1, -0.05) is 12.1 Å². The lowest BCUT2D eigenvalue weighted by Crippen LogP contribution is -2.15. The Morgan fingerprint density at radius 2 is 2.26 bits per heavy atom. The van der Waals surface area contributed by atoms with Crippen molar-refractivity contribution in [1.82, 2.24) is 14.9 Å². The molecule has 2 aromatic rings. The summed E-state index contributed by atoms with van der Waals surface area (Å²) in [6, 6.07) is 6.66. The SMILES string of the molecule is CCn1cncc1CNCc1cccc([N+](=O)[O-])c1. The molecule has 0 aliphatic carbocycles. The molecule has 0 saturated carbocycles. The second-order valence-corrected chi connectivity index (χ2v) is 4.20. The summed E-state index contributed by atoms with van der Waals surface area (Å²) < 4.78 is 2.06. The Labute approximate surface area is 111 Å². The fourth-order valence-corrected chi connectivity index (χ4v) is 1.89. The van der Waals surface area contributed by atoms with Gasteiger partial charge in [-0.05, 0) is 12.5 Å².